The smallest absolute Gasteiger partial charge is 0.336 e. The van der Waals surface area contributed by atoms with Crippen molar-refractivity contribution in [3.63, 3.8) is 0 Å². The lowest BCUT2D eigenvalue weighted by Gasteiger charge is -2.21. The van der Waals surface area contributed by atoms with Gasteiger partial charge in [-0.2, -0.15) is 0 Å². The molecule has 8 nitrogen and oxygen atoms in total. The minimum atomic E-state index is -3.53. The molecule has 0 radical (unpaired) electrons. The zero-order valence-corrected chi connectivity index (χ0v) is 26.7. The molecule has 0 saturated heterocycles. The first-order valence-electron chi connectivity index (χ1n) is 14.7. The van der Waals surface area contributed by atoms with Crippen molar-refractivity contribution in [2.24, 2.45) is 0 Å². The van der Waals surface area contributed by atoms with Crippen LogP contribution in [0, 0.1) is 6.92 Å². The van der Waals surface area contributed by atoms with Crippen molar-refractivity contribution >= 4 is 20.8 Å². The zero-order chi connectivity index (χ0) is 32.0. The molecule has 0 aliphatic carbocycles. The van der Waals surface area contributed by atoms with Gasteiger partial charge < -0.3 is 23.5 Å². The lowest BCUT2D eigenvalue weighted by atomic mass is 9.97. The van der Waals surface area contributed by atoms with Crippen molar-refractivity contribution in [1.29, 1.82) is 0 Å². The Labute approximate surface area is 263 Å². The molecule has 9 heteroatoms. The average molecular weight is 628 g/mol. The highest BCUT2D eigenvalue weighted by Gasteiger charge is 2.19. The molecule has 0 aliphatic rings. The predicted octanol–water partition coefficient (Wildman–Crippen LogP) is 6.66. The van der Waals surface area contributed by atoms with Gasteiger partial charge in [0.25, 0.3) is 0 Å². The van der Waals surface area contributed by atoms with Crippen LogP contribution in [0.5, 0.6) is 17.2 Å². The maximum absolute atomic E-state index is 13.0. The molecule has 5 aromatic rings. The monoisotopic (exact) mass is 627 g/mol. The molecule has 0 atom stereocenters. The molecule has 45 heavy (non-hydrogen) atoms. The van der Waals surface area contributed by atoms with Crippen LogP contribution in [0.3, 0.4) is 0 Å². The van der Waals surface area contributed by atoms with E-state index in [0.29, 0.717) is 54.3 Å². The van der Waals surface area contributed by atoms with E-state index in [0.717, 1.165) is 22.3 Å². The van der Waals surface area contributed by atoms with Gasteiger partial charge in [0.2, 0.25) is 0 Å². The van der Waals surface area contributed by atoms with E-state index < -0.39 is 15.5 Å². The second-order valence-corrected chi connectivity index (χ2v) is 13.0. The molecule has 0 unspecified atom stereocenters. The van der Waals surface area contributed by atoms with E-state index in [4.69, 9.17) is 18.6 Å². The van der Waals surface area contributed by atoms with Gasteiger partial charge >= 0.3 is 5.63 Å². The van der Waals surface area contributed by atoms with Crippen molar-refractivity contribution in [2.45, 2.75) is 31.4 Å². The SMILES string of the molecule is COc1cc(OCc2cccc(-c3ccccc3)c2C)cc(OC)c1CN(C)CCCS(=O)(=O)c1ccc2oc(=O)ccc2c1. The van der Waals surface area contributed by atoms with Crippen LogP contribution >= 0.6 is 0 Å². The van der Waals surface area contributed by atoms with Gasteiger partial charge in [-0.05, 0) is 73.5 Å². The lowest BCUT2D eigenvalue weighted by molar-refractivity contribution is 0.290. The predicted molar refractivity (Wildman–Crippen MR) is 176 cm³/mol. The summed E-state index contributed by atoms with van der Waals surface area (Å²) in [6.45, 7) is 3.51. The fourth-order valence-electron chi connectivity index (χ4n) is 5.37. The molecule has 234 valence electrons. The summed E-state index contributed by atoms with van der Waals surface area (Å²) in [5, 5.41) is 0.565. The molecule has 4 aromatic carbocycles. The average Bonchev–Trinajstić information content (AvgIpc) is 3.04. The number of hydrogen-bond acceptors (Lipinski definition) is 8. The Kier molecular flexibility index (Phi) is 9.90. The van der Waals surface area contributed by atoms with Gasteiger partial charge in [0.15, 0.2) is 9.84 Å². The van der Waals surface area contributed by atoms with Gasteiger partial charge in [-0.15, -0.1) is 0 Å². The van der Waals surface area contributed by atoms with Crippen LogP contribution < -0.4 is 19.8 Å². The third kappa shape index (κ3) is 7.56. The third-order valence-electron chi connectivity index (χ3n) is 7.84. The molecule has 5 rings (SSSR count). The minimum absolute atomic E-state index is 0.0223. The quantitative estimate of drug-likeness (QED) is 0.134. The van der Waals surface area contributed by atoms with Crippen LogP contribution in [-0.2, 0) is 23.0 Å². The molecule has 0 spiro atoms. The Hall–Kier alpha value is -4.60. The second kappa shape index (κ2) is 14.0. The Morgan fingerprint density at radius 2 is 1.58 bits per heavy atom. The van der Waals surface area contributed by atoms with E-state index in [9.17, 15) is 13.2 Å². The Bertz CT molecular complexity index is 1930. The summed E-state index contributed by atoms with van der Waals surface area (Å²) in [6, 6.07) is 27.6. The van der Waals surface area contributed by atoms with E-state index in [1.54, 1.807) is 20.3 Å². The molecule has 0 N–H and O–H groups in total. The first-order valence-corrected chi connectivity index (χ1v) is 16.3. The van der Waals surface area contributed by atoms with Crippen molar-refractivity contribution in [3.05, 3.63) is 118 Å². The number of nitrogens with zero attached hydrogens (tertiary/aromatic N) is 1. The fourth-order valence-corrected chi connectivity index (χ4v) is 6.69. The van der Waals surface area contributed by atoms with Crippen LogP contribution in [-0.4, -0.2) is 46.9 Å². The molecular formula is C36H37NO7S. The van der Waals surface area contributed by atoms with Crippen molar-refractivity contribution in [1.82, 2.24) is 4.90 Å². The molecule has 0 fully saturated rings. The normalized spacial score (nSPS) is 11.6. The first kappa shape index (κ1) is 31.8. The van der Waals surface area contributed by atoms with E-state index >= 15 is 0 Å². The summed E-state index contributed by atoms with van der Waals surface area (Å²) in [6.07, 6.45) is 0.425. The standard InChI is InChI=1S/C36H37NO7S/c1-25-28(12-8-13-31(25)26-10-6-5-7-11-26)24-43-29-21-34(41-3)32(35(22-29)42-4)23-37(2)18-9-19-45(39,40)30-15-16-33-27(20-30)14-17-36(38)44-33/h5-8,10-17,20-22H,9,18-19,23-24H2,1-4H3. The van der Waals surface area contributed by atoms with Crippen LogP contribution in [0.15, 0.2) is 105 Å². The molecular weight excluding hydrogens is 590 g/mol. The van der Waals surface area contributed by atoms with Crippen molar-refractivity contribution in [2.75, 3.05) is 33.6 Å². The van der Waals surface area contributed by atoms with Crippen molar-refractivity contribution < 1.29 is 27.0 Å². The van der Waals surface area contributed by atoms with E-state index in [1.165, 1.54) is 29.8 Å². The third-order valence-corrected chi connectivity index (χ3v) is 9.64. The van der Waals surface area contributed by atoms with Gasteiger partial charge in [0.1, 0.15) is 29.4 Å². The highest BCUT2D eigenvalue weighted by Crippen LogP contribution is 2.36. The summed E-state index contributed by atoms with van der Waals surface area (Å²) in [7, 11) is 1.62. The van der Waals surface area contributed by atoms with E-state index in [2.05, 4.69) is 31.2 Å². The Balaban J connectivity index is 1.23. The minimum Gasteiger partial charge on any atom is -0.496 e. The van der Waals surface area contributed by atoms with Crippen LogP contribution in [0.2, 0.25) is 0 Å². The summed E-state index contributed by atoms with van der Waals surface area (Å²) in [5.74, 6) is 1.86. The molecule has 0 saturated carbocycles. The van der Waals surface area contributed by atoms with Gasteiger partial charge in [-0.25, -0.2) is 13.2 Å². The van der Waals surface area contributed by atoms with Gasteiger partial charge in [-0.1, -0.05) is 48.5 Å². The lowest BCUT2D eigenvalue weighted by Crippen LogP contribution is -2.22. The van der Waals surface area contributed by atoms with E-state index in [-0.39, 0.29) is 10.6 Å². The van der Waals surface area contributed by atoms with Gasteiger partial charge in [0, 0.05) is 30.1 Å². The topological polar surface area (TPSA) is 95.3 Å². The van der Waals surface area contributed by atoms with Gasteiger partial charge in [0.05, 0.1) is 30.4 Å². The highest BCUT2D eigenvalue weighted by molar-refractivity contribution is 7.91. The molecule has 1 heterocycles. The second-order valence-electron chi connectivity index (χ2n) is 10.9. The van der Waals surface area contributed by atoms with Crippen LogP contribution in [0.25, 0.3) is 22.1 Å². The summed E-state index contributed by atoms with van der Waals surface area (Å²) in [5.41, 5.74) is 5.31. The number of sulfone groups is 1. The summed E-state index contributed by atoms with van der Waals surface area (Å²) < 4.78 is 48.9. The Morgan fingerprint density at radius 1 is 0.844 bits per heavy atom. The zero-order valence-electron chi connectivity index (χ0n) is 25.9. The number of fused-ring (bicyclic) bond motifs is 1. The fraction of sp³-hybridized carbons (Fsp3) is 0.250. The highest BCUT2D eigenvalue weighted by atomic mass is 32.2. The number of benzene rings is 4. The van der Waals surface area contributed by atoms with Crippen molar-refractivity contribution in [3.8, 4) is 28.4 Å². The number of rotatable bonds is 13. The molecule has 0 aliphatic heterocycles. The number of ether oxygens (including phenoxy) is 3. The molecule has 0 amide bonds. The maximum atomic E-state index is 13.0. The van der Waals surface area contributed by atoms with E-state index in [1.807, 2.05) is 48.3 Å². The summed E-state index contributed by atoms with van der Waals surface area (Å²) >= 11 is 0. The first-order chi connectivity index (χ1) is 21.7. The van der Waals surface area contributed by atoms with Gasteiger partial charge in [-0.3, -0.25) is 0 Å². The largest absolute Gasteiger partial charge is 0.496 e. The van der Waals surface area contributed by atoms with Crippen LogP contribution in [0.4, 0.5) is 0 Å². The number of hydrogen-bond donors (Lipinski definition) is 0. The summed E-state index contributed by atoms with van der Waals surface area (Å²) in [4.78, 5) is 13.7. The van der Waals surface area contributed by atoms with Crippen LogP contribution in [0.1, 0.15) is 23.1 Å². The Morgan fingerprint density at radius 3 is 2.29 bits per heavy atom. The maximum Gasteiger partial charge on any atom is 0.336 e. The number of methoxy groups -OCH3 is 2. The molecule has 0 bridgehead atoms. The molecule has 1 aromatic heterocycles.